The summed E-state index contributed by atoms with van der Waals surface area (Å²) in [6.45, 7) is 7.58. The van der Waals surface area contributed by atoms with E-state index in [2.05, 4.69) is 0 Å². The molecule has 0 bridgehead atoms. The van der Waals surface area contributed by atoms with Crippen LogP contribution in [0.4, 0.5) is 0 Å². The lowest BCUT2D eigenvalue weighted by Gasteiger charge is -2.19. The minimum Gasteiger partial charge on any atom is -0.411 e. The van der Waals surface area contributed by atoms with Gasteiger partial charge in [0.1, 0.15) is 0 Å². The van der Waals surface area contributed by atoms with Gasteiger partial charge in [-0.25, -0.2) is 0 Å². The van der Waals surface area contributed by atoms with Crippen LogP contribution in [0.5, 0.6) is 0 Å². The van der Waals surface area contributed by atoms with Gasteiger partial charge < -0.3 is 9.22 Å². The summed E-state index contributed by atoms with van der Waals surface area (Å²) in [6, 6.07) is 0. The van der Waals surface area contributed by atoms with Crippen molar-refractivity contribution in [2.45, 2.75) is 39.5 Å². The smallest absolute Gasteiger partial charge is 0.329 e. The molecule has 1 N–H and O–H groups in total. The van der Waals surface area contributed by atoms with Crippen molar-refractivity contribution in [2.24, 2.45) is 0 Å². The Morgan fingerprint density at radius 2 is 2.00 bits per heavy atom. The van der Waals surface area contributed by atoms with Crippen molar-refractivity contribution in [3.8, 4) is 0 Å². The summed E-state index contributed by atoms with van der Waals surface area (Å²) >= 11 is 0. The van der Waals surface area contributed by atoms with Crippen LogP contribution in [-0.2, 0) is 4.43 Å². The van der Waals surface area contributed by atoms with Crippen LogP contribution in [0.2, 0.25) is 13.1 Å². The third kappa shape index (κ3) is 6.02. The number of hydrogen-bond donors (Lipinski definition) is 1. The van der Waals surface area contributed by atoms with E-state index in [1.54, 1.807) is 13.1 Å². The summed E-state index contributed by atoms with van der Waals surface area (Å²) in [5, 5.41) is 0. The molecule has 0 aromatic rings. The Kier molecular flexibility index (Phi) is 3.39. The zero-order valence-corrected chi connectivity index (χ0v) is 7.64. The van der Waals surface area contributed by atoms with Gasteiger partial charge >= 0.3 is 8.56 Å². The highest BCUT2D eigenvalue weighted by molar-refractivity contribution is 6.63. The lowest BCUT2D eigenvalue weighted by molar-refractivity contribution is 0.164. The fourth-order valence-corrected chi connectivity index (χ4v) is 1.73. The average Bonchev–Trinajstić information content (AvgIpc) is 1.62. The van der Waals surface area contributed by atoms with Crippen molar-refractivity contribution in [2.75, 3.05) is 0 Å². The monoisotopic (exact) mass is 148 g/mol. The predicted molar refractivity (Wildman–Crippen MR) is 40.5 cm³/mol. The highest BCUT2D eigenvalue weighted by Crippen LogP contribution is 2.05. The number of rotatable bonds is 3. The van der Waals surface area contributed by atoms with Crippen LogP contribution in [0.1, 0.15) is 20.3 Å². The summed E-state index contributed by atoms with van der Waals surface area (Å²) in [7, 11) is -2.24. The molecule has 0 radical (unpaired) electrons. The molecule has 0 aromatic carbocycles. The van der Waals surface area contributed by atoms with Crippen LogP contribution >= 0.6 is 0 Å². The first-order chi connectivity index (χ1) is 3.95. The van der Waals surface area contributed by atoms with Crippen LogP contribution in [0, 0.1) is 0 Å². The lowest BCUT2D eigenvalue weighted by Crippen LogP contribution is -2.33. The standard InChI is InChI=1S/C6H16O2Si/c1-5-6(2)8-9(3,4)7/h6-7H,5H2,1-4H3. The maximum Gasteiger partial charge on any atom is 0.329 e. The van der Waals surface area contributed by atoms with E-state index >= 15 is 0 Å². The van der Waals surface area contributed by atoms with Gasteiger partial charge in [-0.1, -0.05) is 6.92 Å². The lowest BCUT2D eigenvalue weighted by atomic mass is 10.3. The van der Waals surface area contributed by atoms with Crippen molar-refractivity contribution < 1.29 is 9.22 Å². The maximum absolute atomic E-state index is 9.24. The molecular weight excluding hydrogens is 132 g/mol. The highest BCUT2D eigenvalue weighted by atomic mass is 28.4. The molecule has 0 amide bonds. The van der Waals surface area contributed by atoms with E-state index in [4.69, 9.17) is 4.43 Å². The van der Waals surface area contributed by atoms with Crippen LogP contribution in [0.25, 0.3) is 0 Å². The molecule has 56 valence electrons. The zero-order valence-electron chi connectivity index (χ0n) is 6.64. The largest absolute Gasteiger partial charge is 0.411 e. The summed E-state index contributed by atoms with van der Waals surface area (Å²) in [5.41, 5.74) is 0. The van der Waals surface area contributed by atoms with E-state index in [1.807, 2.05) is 13.8 Å². The Labute approximate surface area is 58.1 Å². The van der Waals surface area contributed by atoms with E-state index in [-0.39, 0.29) is 6.10 Å². The SMILES string of the molecule is CCC(C)O[Si](C)(C)O. The molecule has 0 fully saturated rings. The highest BCUT2D eigenvalue weighted by Gasteiger charge is 2.20. The van der Waals surface area contributed by atoms with E-state index in [0.717, 1.165) is 6.42 Å². The van der Waals surface area contributed by atoms with Crippen molar-refractivity contribution >= 4 is 8.56 Å². The average molecular weight is 148 g/mol. The minimum absolute atomic E-state index is 0.205. The van der Waals surface area contributed by atoms with Crippen LogP contribution in [0.3, 0.4) is 0 Å². The third-order valence-corrected chi connectivity index (χ3v) is 2.04. The van der Waals surface area contributed by atoms with Crippen molar-refractivity contribution in [1.29, 1.82) is 0 Å². The fraction of sp³-hybridized carbons (Fsp3) is 1.00. The van der Waals surface area contributed by atoms with Crippen molar-refractivity contribution in [3.63, 3.8) is 0 Å². The van der Waals surface area contributed by atoms with Gasteiger partial charge in [0.15, 0.2) is 0 Å². The Balaban J connectivity index is 3.47. The summed E-state index contributed by atoms with van der Waals surface area (Å²) < 4.78 is 5.28. The second-order valence-electron chi connectivity index (χ2n) is 2.78. The molecule has 0 spiro atoms. The molecule has 0 rings (SSSR count). The molecule has 0 aliphatic heterocycles. The summed E-state index contributed by atoms with van der Waals surface area (Å²) in [4.78, 5) is 9.24. The van der Waals surface area contributed by atoms with Crippen molar-refractivity contribution in [3.05, 3.63) is 0 Å². The first-order valence-electron chi connectivity index (χ1n) is 3.36. The molecule has 0 aliphatic carbocycles. The Morgan fingerprint density at radius 1 is 1.56 bits per heavy atom. The second-order valence-corrected chi connectivity index (χ2v) is 5.91. The molecule has 1 unspecified atom stereocenters. The van der Waals surface area contributed by atoms with Gasteiger partial charge in [0.25, 0.3) is 0 Å². The van der Waals surface area contributed by atoms with Gasteiger partial charge in [0.05, 0.1) is 0 Å². The Bertz CT molecular complexity index is 77.6. The zero-order chi connectivity index (χ0) is 7.49. The minimum atomic E-state index is -2.24. The Morgan fingerprint density at radius 3 is 2.11 bits per heavy atom. The first kappa shape index (κ1) is 9.14. The van der Waals surface area contributed by atoms with E-state index in [0.29, 0.717) is 0 Å². The van der Waals surface area contributed by atoms with Gasteiger partial charge in [-0.15, -0.1) is 0 Å². The normalized spacial score (nSPS) is 15.7. The summed E-state index contributed by atoms with van der Waals surface area (Å²) in [5.74, 6) is 0. The number of hydrogen-bond acceptors (Lipinski definition) is 2. The molecule has 3 heteroatoms. The third-order valence-electron chi connectivity index (χ3n) is 1.06. The summed E-state index contributed by atoms with van der Waals surface area (Å²) in [6.07, 6.45) is 1.17. The molecule has 0 heterocycles. The molecule has 0 saturated heterocycles. The van der Waals surface area contributed by atoms with Crippen LogP contribution in [-0.4, -0.2) is 19.5 Å². The quantitative estimate of drug-likeness (QED) is 0.615. The van der Waals surface area contributed by atoms with E-state index in [9.17, 15) is 4.80 Å². The first-order valence-corrected chi connectivity index (χ1v) is 6.21. The van der Waals surface area contributed by atoms with Gasteiger partial charge in [0, 0.05) is 6.10 Å². The topological polar surface area (TPSA) is 29.5 Å². The van der Waals surface area contributed by atoms with Gasteiger partial charge in [-0.2, -0.15) is 0 Å². The molecule has 0 aromatic heterocycles. The molecule has 1 atom stereocenters. The molecule has 0 saturated carbocycles. The second kappa shape index (κ2) is 3.34. The Hall–Kier alpha value is 0.137. The van der Waals surface area contributed by atoms with Crippen molar-refractivity contribution in [1.82, 2.24) is 0 Å². The predicted octanol–water partition coefficient (Wildman–Crippen LogP) is 1.50. The van der Waals surface area contributed by atoms with Crippen LogP contribution in [0.15, 0.2) is 0 Å². The molecular formula is C6H16O2Si. The van der Waals surface area contributed by atoms with E-state index < -0.39 is 8.56 Å². The maximum atomic E-state index is 9.24. The van der Waals surface area contributed by atoms with Crippen LogP contribution < -0.4 is 0 Å². The fourth-order valence-electron chi connectivity index (χ4n) is 0.576. The van der Waals surface area contributed by atoms with Gasteiger partial charge in [-0.05, 0) is 26.4 Å². The molecule has 2 nitrogen and oxygen atoms in total. The van der Waals surface area contributed by atoms with Gasteiger partial charge in [0.2, 0.25) is 0 Å². The van der Waals surface area contributed by atoms with Gasteiger partial charge in [-0.3, -0.25) is 0 Å². The molecule has 0 aliphatic rings. The van der Waals surface area contributed by atoms with E-state index in [1.165, 1.54) is 0 Å². The molecule has 9 heavy (non-hydrogen) atoms.